The van der Waals surface area contributed by atoms with Gasteiger partial charge in [-0.1, -0.05) is 48.6 Å². The monoisotopic (exact) mass is 1180 g/mol. The normalized spacial score (nSPS) is 23.0. The summed E-state index contributed by atoms with van der Waals surface area (Å²) in [5.74, 6) is -60.8. The van der Waals surface area contributed by atoms with Crippen molar-refractivity contribution in [2.75, 3.05) is 0 Å². The smallest absolute Gasteiger partial charge is 0.664 e. The molecule has 25 heteroatoms. The molecule has 9 rings (SSSR count). The van der Waals surface area contributed by atoms with Crippen LogP contribution in [0.1, 0.15) is 68.7 Å². The van der Waals surface area contributed by atoms with Gasteiger partial charge >= 0.3 is 21.1 Å². The van der Waals surface area contributed by atoms with E-state index in [4.69, 9.17) is 0 Å². The molecule has 0 saturated carbocycles. The van der Waals surface area contributed by atoms with Crippen LogP contribution in [-0.4, -0.2) is 24.2 Å². The van der Waals surface area contributed by atoms with E-state index in [2.05, 4.69) is 20.6 Å². The molecular weight excluding hydrogens is 1160 g/mol. The molecule has 6 aromatic rings. The summed E-state index contributed by atoms with van der Waals surface area (Å²) >= 11 is 0. The summed E-state index contributed by atoms with van der Waals surface area (Å²) in [7, 11) is 0. The van der Waals surface area contributed by atoms with Gasteiger partial charge in [0.1, 0.15) is 0 Å². The minimum absolute atomic E-state index is 0. The van der Waals surface area contributed by atoms with Crippen LogP contribution in [0, 0.1) is 116 Å². The van der Waals surface area contributed by atoms with E-state index in [1.165, 1.54) is 0 Å². The SMILES string of the molecule is Fc1c(F)c(F)c(C2c3ccc([n-]3)C(c3c(F)c(F)c(F)c(F)c3F)C3C=CC(N3)C(c3c(F)c(F)c(F)c(F)c3F)c3ccc([n-]3)C(c3c(F)c(F)c(F)c(F)c3F)C3C=CC2N3)c(F)c1F.[Pt+2]. The number of hydrogen-bond acceptors (Lipinski definition) is 2. The Kier molecular flexibility index (Phi) is 12.8. The van der Waals surface area contributed by atoms with Crippen molar-refractivity contribution in [3.05, 3.63) is 210 Å². The predicted molar refractivity (Wildman–Crippen MR) is 192 cm³/mol. The summed E-state index contributed by atoms with van der Waals surface area (Å²) in [4.78, 5) is 8.16. The number of hydrogen-bond donors (Lipinski definition) is 2. The Morgan fingerprint density at radius 3 is 0.551 bits per heavy atom. The third-order valence-electron chi connectivity index (χ3n) is 12.1. The molecule has 2 aromatic heterocycles. The Labute approximate surface area is 386 Å². The fourth-order valence-corrected chi connectivity index (χ4v) is 9.08. The van der Waals surface area contributed by atoms with Gasteiger partial charge in [0.2, 0.25) is 23.3 Å². The van der Waals surface area contributed by atoms with Crippen molar-refractivity contribution in [3.63, 3.8) is 0 Å². The first kappa shape index (κ1) is 49.5. The zero-order chi connectivity index (χ0) is 49.3. The number of aromatic nitrogens is 2. The van der Waals surface area contributed by atoms with Crippen molar-refractivity contribution in [2.45, 2.75) is 47.8 Å². The molecule has 0 aliphatic carbocycles. The molecule has 69 heavy (non-hydrogen) atoms. The van der Waals surface area contributed by atoms with Crippen molar-refractivity contribution < 1.29 is 109 Å². The molecule has 0 amide bonds. The molecule has 2 N–H and O–H groups in total. The first-order valence-corrected chi connectivity index (χ1v) is 19.3. The summed E-state index contributed by atoms with van der Waals surface area (Å²) in [6, 6.07) is -4.99. The Morgan fingerprint density at radius 1 is 0.246 bits per heavy atom. The van der Waals surface area contributed by atoms with E-state index in [1.807, 2.05) is 0 Å². The number of nitrogens with zero attached hydrogens (tertiary/aromatic N) is 2. The van der Waals surface area contributed by atoms with Gasteiger partial charge in [-0.15, -0.1) is 0 Å². The second-order valence-corrected chi connectivity index (χ2v) is 15.6. The van der Waals surface area contributed by atoms with Crippen LogP contribution < -0.4 is 20.6 Å². The molecule has 5 heterocycles. The molecule has 0 saturated heterocycles. The van der Waals surface area contributed by atoms with Crippen LogP contribution in [0.2, 0.25) is 0 Å². The summed E-state index contributed by atoms with van der Waals surface area (Å²) in [5, 5.41) is 4.99. The Bertz CT molecular complexity index is 2660. The van der Waals surface area contributed by atoms with Gasteiger partial charge in [0, 0.05) is 70.1 Å². The Morgan fingerprint density at radius 2 is 0.391 bits per heavy atom. The molecule has 3 aliphatic rings. The molecule has 3 aliphatic heterocycles. The number of halogens is 20. The molecule has 0 fully saturated rings. The third-order valence-corrected chi connectivity index (χ3v) is 12.1. The molecule has 8 atom stereocenters. The summed E-state index contributed by atoms with van der Waals surface area (Å²) in [6.07, 6.45) is 3.31. The van der Waals surface area contributed by atoms with E-state index in [1.54, 1.807) is 0 Å². The summed E-state index contributed by atoms with van der Waals surface area (Å²) in [5.41, 5.74) is -10.2. The second-order valence-electron chi connectivity index (χ2n) is 15.6. The van der Waals surface area contributed by atoms with Crippen LogP contribution in [0.15, 0.2) is 48.6 Å². The number of rotatable bonds is 4. The zero-order valence-corrected chi connectivity index (χ0v) is 35.3. The minimum atomic E-state index is -2.67. The van der Waals surface area contributed by atoms with Crippen LogP contribution in [0.5, 0.6) is 0 Å². The van der Waals surface area contributed by atoms with Gasteiger partial charge in [-0.2, -0.15) is 22.8 Å². The standard InChI is InChI=1S/C44H18F20N4.Pt/c45-25-21(26(46)34(54)41(61)33(25)53)17-9-1-2-10(65-9)18(22-27(47)35(55)42(62)36(56)28(22)48)12-5-6-14(67-12)20(24-31(51)39(59)44(64)40(60)32(24)52)16-8-7-15(68-16)19(13-4-3-11(17)66-13)23-29(49)37(57)43(63)38(58)30(23)50;/h1-10,15-20,65,68H;/q-2;+2. The topological polar surface area (TPSA) is 52.3 Å². The molecule has 4 aromatic carbocycles. The maximum absolute atomic E-state index is 15.8. The molecule has 364 valence electrons. The molecule has 0 spiro atoms. The van der Waals surface area contributed by atoms with Crippen molar-refractivity contribution in [2.24, 2.45) is 0 Å². The van der Waals surface area contributed by atoms with Gasteiger partial charge in [-0.25, -0.2) is 87.8 Å². The van der Waals surface area contributed by atoms with Gasteiger partial charge in [0.25, 0.3) is 0 Å². The number of nitrogens with one attached hydrogen (secondary N) is 2. The first-order chi connectivity index (χ1) is 32.1. The van der Waals surface area contributed by atoms with Crippen LogP contribution in [0.25, 0.3) is 0 Å². The third kappa shape index (κ3) is 7.41. The minimum Gasteiger partial charge on any atom is -0.664 e. The molecular formula is C44H18F20N4Pt. The molecule has 8 unspecified atom stereocenters. The zero-order valence-electron chi connectivity index (χ0n) is 33.0. The van der Waals surface area contributed by atoms with E-state index < -0.39 is 209 Å². The van der Waals surface area contributed by atoms with E-state index in [0.29, 0.717) is 0 Å². The van der Waals surface area contributed by atoms with Crippen molar-refractivity contribution >= 4 is 0 Å². The van der Waals surface area contributed by atoms with Crippen molar-refractivity contribution in [1.82, 2.24) is 20.6 Å². The average Bonchev–Trinajstić information content (AvgIpc) is 4.18. The van der Waals surface area contributed by atoms with E-state index >= 15 is 35.1 Å². The van der Waals surface area contributed by atoms with E-state index in [9.17, 15) is 52.7 Å². The second kappa shape index (κ2) is 17.8. The number of benzene rings is 4. The number of fused-ring (bicyclic) bond motifs is 8. The van der Waals surface area contributed by atoms with Gasteiger partial charge in [-0.05, 0) is 0 Å². The molecule has 0 radical (unpaired) electrons. The van der Waals surface area contributed by atoms with E-state index in [0.717, 1.165) is 48.6 Å². The van der Waals surface area contributed by atoms with Crippen molar-refractivity contribution in [3.8, 4) is 0 Å². The van der Waals surface area contributed by atoms with Crippen LogP contribution >= 0.6 is 0 Å². The van der Waals surface area contributed by atoms with E-state index in [-0.39, 0.29) is 21.1 Å². The van der Waals surface area contributed by atoms with Crippen molar-refractivity contribution in [1.29, 1.82) is 0 Å². The maximum atomic E-state index is 15.8. The predicted octanol–water partition coefficient (Wildman–Crippen LogP) is 10.4. The average molecular weight is 1180 g/mol. The fourth-order valence-electron chi connectivity index (χ4n) is 9.08. The maximum Gasteiger partial charge on any atom is 2.00 e. The van der Waals surface area contributed by atoms with Gasteiger partial charge in [0.15, 0.2) is 93.1 Å². The molecule has 8 bridgehead atoms. The van der Waals surface area contributed by atoms with Gasteiger partial charge in [-0.3, -0.25) is 0 Å². The fraction of sp³-hybridized carbons (Fsp3) is 0.182. The van der Waals surface area contributed by atoms with Crippen LogP contribution in [-0.2, 0) is 21.1 Å². The van der Waals surface area contributed by atoms with Crippen LogP contribution in [0.4, 0.5) is 87.8 Å². The molecule has 4 nitrogen and oxygen atoms in total. The summed E-state index contributed by atoms with van der Waals surface area (Å²) < 4.78 is 304. The quantitative estimate of drug-likeness (QED) is 0.0800. The van der Waals surface area contributed by atoms with Gasteiger partial charge in [0.05, 0.1) is 0 Å². The first-order valence-electron chi connectivity index (χ1n) is 19.3. The summed E-state index contributed by atoms with van der Waals surface area (Å²) in [6.45, 7) is 0. The largest absolute Gasteiger partial charge is 2.00 e. The Balaban J connectivity index is 0.00000642. The van der Waals surface area contributed by atoms with Gasteiger partial charge < -0.3 is 20.6 Å². The Hall–Kier alpha value is -5.87. The van der Waals surface area contributed by atoms with Crippen LogP contribution in [0.3, 0.4) is 0 Å².